The van der Waals surface area contributed by atoms with Crippen LogP contribution in [0.25, 0.3) is 0 Å². The molecule has 0 aromatic heterocycles. The maximum absolute atomic E-state index is 13.4. The first-order valence-corrected chi connectivity index (χ1v) is 12.3. The number of methoxy groups -OCH3 is 1. The Morgan fingerprint density at radius 1 is 1.09 bits per heavy atom. The van der Waals surface area contributed by atoms with E-state index in [9.17, 15) is 14.4 Å². The number of nitrogens with one attached hydrogen (secondary N) is 1. The maximum Gasteiger partial charge on any atom is 0.411 e. The Hall–Kier alpha value is -2.09. The first kappa shape index (κ1) is 29.9. The first-order chi connectivity index (χ1) is 15.7. The summed E-state index contributed by atoms with van der Waals surface area (Å²) in [6.07, 6.45) is 6.42. The van der Waals surface area contributed by atoms with E-state index in [-0.39, 0.29) is 30.4 Å². The summed E-state index contributed by atoms with van der Waals surface area (Å²) >= 11 is 0. The molecule has 0 spiro atoms. The van der Waals surface area contributed by atoms with Crippen LogP contribution >= 0.6 is 0 Å². The average molecular weight is 483 g/mol. The van der Waals surface area contributed by atoms with Gasteiger partial charge in [-0.1, -0.05) is 25.5 Å². The zero-order valence-electron chi connectivity index (χ0n) is 22.6. The third kappa shape index (κ3) is 10.0. The van der Waals surface area contributed by atoms with E-state index in [4.69, 9.17) is 14.2 Å². The van der Waals surface area contributed by atoms with Crippen LogP contribution in [0.1, 0.15) is 81.1 Å². The van der Waals surface area contributed by atoms with Gasteiger partial charge in [0.2, 0.25) is 5.91 Å². The molecule has 0 saturated carbocycles. The summed E-state index contributed by atoms with van der Waals surface area (Å²) in [5.74, 6) is -0.485. The van der Waals surface area contributed by atoms with E-state index in [0.717, 1.165) is 12.8 Å². The van der Waals surface area contributed by atoms with E-state index in [1.807, 2.05) is 54.5 Å². The van der Waals surface area contributed by atoms with Crippen LogP contribution in [0.4, 0.5) is 4.79 Å². The van der Waals surface area contributed by atoms with Crippen LogP contribution in [-0.2, 0) is 23.8 Å². The predicted octanol–water partition coefficient (Wildman–Crippen LogP) is 4.47. The summed E-state index contributed by atoms with van der Waals surface area (Å²) in [6.45, 7) is 15.4. The standard InChI is InChI=1S/C26H46N2O6/c1-10-12-18(16-27-22(29)17-32-9)14-20-19(13-11-2)15-21(23(30)33-25(3,4)5)28(20)24(31)34-26(6,7)8/h11,13,18-21H,10,12,14-17H2,1-9H3,(H,27,29)/t18?,19-,20-,21-/m1/s1. The van der Waals surface area contributed by atoms with Gasteiger partial charge < -0.3 is 19.5 Å². The van der Waals surface area contributed by atoms with Crippen LogP contribution < -0.4 is 5.32 Å². The zero-order valence-corrected chi connectivity index (χ0v) is 22.6. The van der Waals surface area contributed by atoms with Gasteiger partial charge in [0.05, 0.1) is 0 Å². The smallest absolute Gasteiger partial charge is 0.411 e. The van der Waals surface area contributed by atoms with Crippen molar-refractivity contribution >= 4 is 18.0 Å². The van der Waals surface area contributed by atoms with E-state index < -0.39 is 29.3 Å². The van der Waals surface area contributed by atoms with Gasteiger partial charge in [-0.2, -0.15) is 0 Å². The Morgan fingerprint density at radius 3 is 2.21 bits per heavy atom. The van der Waals surface area contributed by atoms with Crippen molar-refractivity contribution in [3.8, 4) is 0 Å². The van der Waals surface area contributed by atoms with Gasteiger partial charge in [-0.25, -0.2) is 9.59 Å². The van der Waals surface area contributed by atoms with Crippen molar-refractivity contribution in [1.29, 1.82) is 0 Å². The number of esters is 1. The van der Waals surface area contributed by atoms with Gasteiger partial charge in [0.15, 0.2) is 0 Å². The lowest BCUT2D eigenvalue weighted by molar-refractivity contribution is -0.160. The molecule has 1 rings (SSSR count). The van der Waals surface area contributed by atoms with E-state index in [1.165, 1.54) is 7.11 Å². The molecule has 0 bridgehead atoms. The molecule has 2 amide bonds. The summed E-state index contributed by atoms with van der Waals surface area (Å²) in [5, 5.41) is 2.93. The molecule has 1 heterocycles. The lowest BCUT2D eigenvalue weighted by atomic mass is 9.88. The Labute approximate surface area is 205 Å². The van der Waals surface area contributed by atoms with Crippen molar-refractivity contribution < 1.29 is 28.6 Å². The molecule has 1 N–H and O–H groups in total. The minimum absolute atomic E-state index is 0.00816. The number of nitrogens with zero attached hydrogens (tertiary/aromatic N) is 1. The molecule has 1 saturated heterocycles. The third-order valence-corrected chi connectivity index (χ3v) is 5.54. The Balaban J connectivity index is 3.27. The fourth-order valence-electron chi connectivity index (χ4n) is 4.36. The Bertz CT molecular complexity index is 707. The van der Waals surface area contributed by atoms with E-state index in [1.54, 1.807) is 4.90 Å². The summed E-state index contributed by atoms with van der Waals surface area (Å²) in [5.41, 5.74) is -1.36. The average Bonchev–Trinajstić information content (AvgIpc) is 3.02. The third-order valence-electron chi connectivity index (χ3n) is 5.54. The highest BCUT2D eigenvalue weighted by atomic mass is 16.6. The number of hydrogen-bond acceptors (Lipinski definition) is 6. The maximum atomic E-state index is 13.4. The minimum Gasteiger partial charge on any atom is -0.458 e. The fourth-order valence-corrected chi connectivity index (χ4v) is 4.36. The molecule has 8 nitrogen and oxygen atoms in total. The van der Waals surface area contributed by atoms with Gasteiger partial charge >= 0.3 is 12.1 Å². The number of allylic oxidation sites excluding steroid dienone is 1. The van der Waals surface area contributed by atoms with Crippen molar-refractivity contribution in [3.63, 3.8) is 0 Å². The normalized spacial score (nSPS) is 22.0. The Morgan fingerprint density at radius 2 is 1.71 bits per heavy atom. The summed E-state index contributed by atoms with van der Waals surface area (Å²) in [4.78, 5) is 40.1. The van der Waals surface area contributed by atoms with Crippen molar-refractivity contribution in [2.45, 2.75) is 104 Å². The van der Waals surface area contributed by atoms with Gasteiger partial charge in [0, 0.05) is 19.7 Å². The van der Waals surface area contributed by atoms with Gasteiger partial charge in [0.1, 0.15) is 23.9 Å². The van der Waals surface area contributed by atoms with Gasteiger partial charge in [-0.3, -0.25) is 9.69 Å². The van der Waals surface area contributed by atoms with Crippen LogP contribution in [0.3, 0.4) is 0 Å². The van der Waals surface area contributed by atoms with Crippen molar-refractivity contribution in [1.82, 2.24) is 10.2 Å². The van der Waals surface area contributed by atoms with Crippen LogP contribution in [0.15, 0.2) is 12.2 Å². The second-order valence-corrected chi connectivity index (χ2v) is 11.1. The lowest BCUT2D eigenvalue weighted by Gasteiger charge is -2.35. The van der Waals surface area contributed by atoms with Crippen molar-refractivity contribution in [2.24, 2.45) is 11.8 Å². The topological polar surface area (TPSA) is 94.2 Å². The summed E-state index contributed by atoms with van der Waals surface area (Å²) < 4.78 is 16.3. The molecule has 0 radical (unpaired) electrons. The highest BCUT2D eigenvalue weighted by molar-refractivity contribution is 5.83. The first-order valence-electron chi connectivity index (χ1n) is 12.3. The second-order valence-electron chi connectivity index (χ2n) is 11.1. The van der Waals surface area contributed by atoms with Crippen molar-refractivity contribution in [3.05, 3.63) is 12.2 Å². The molecule has 4 atom stereocenters. The predicted molar refractivity (Wildman–Crippen MR) is 132 cm³/mol. The zero-order chi connectivity index (χ0) is 26.1. The van der Waals surface area contributed by atoms with Crippen LogP contribution in [0.2, 0.25) is 0 Å². The second kappa shape index (κ2) is 13.1. The minimum atomic E-state index is -0.731. The number of likely N-dealkylation sites (tertiary alicyclic amines) is 1. The van der Waals surface area contributed by atoms with Crippen LogP contribution in [0, 0.1) is 11.8 Å². The number of carbonyl (C=O) groups excluding carboxylic acids is 3. The molecular formula is C26H46N2O6. The van der Waals surface area contributed by atoms with E-state index in [2.05, 4.69) is 18.3 Å². The van der Waals surface area contributed by atoms with E-state index in [0.29, 0.717) is 19.4 Å². The highest BCUT2D eigenvalue weighted by Crippen LogP contribution is 2.38. The summed E-state index contributed by atoms with van der Waals surface area (Å²) in [6, 6.07) is -0.981. The molecular weight excluding hydrogens is 436 g/mol. The molecule has 34 heavy (non-hydrogen) atoms. The van der Waals surface area contributed by atoms with Gasteiger partial charge in [0.25, 0.3) is 0 Å². The van der Waals surface area contributed by atoms with Gasteiger partial charge in [-0.15, -0.1) is 0 Å². The lowest BCUT2D eigenvalue weighted by Crippen LogP contribution is -2.50. The number of hydrogen-bond donors (Lipinski definition) is 1. The van der Waals surface area contributed by atoms with Crippen LogP contribution in [0.5, 0.6) is 0 Å². The number of amides is 2. The molecule has 0 aliphatic carbocycles. The largest absolute Gasteiger partial charge is 0.458 e. The number of carbonyl (C=O) groups is 3. The summed E-state index contributed by atoms with van der Waals surface area (Å²) in [7, 11) is 1.48. The molecule has 0 aromatic carbocycles. The van der Waals surface area contributed by atoms with Crippen LogP contribution in [-0.4, -0.2) is 66.4 Å². The SMILES string of the molecule is CC=C[C@@H]1C[C@H](C(=O)OC(C)(C)C)N(C(=O)OC(C)(C)C)[C@@H]1CC(CCC)CNC(=O)COC. The molecule has 1 fully saturated rings. The molecule has 8 heteroatoms. The molecule has 0 aromatic rings. The van der Waals surface area contributed by atoms with E-state index >= 15 is 0 Å². The Kier molecular flexibility index (Phi) is 11.6. The van der Waals surface area contributed by atoms with Gasteiger partial charge in [-0.05, 0) is 79.6 Å². The fraction of sp³-hybridized carbons (Fsp3) is 0.808. The monoisotopic (exact) mass is 482 g/mol. The quantitative estimate of drug-likeness (QED) is 0.365. The van der Waals surface area contributed by atoms with Crippen molar-refractivity contribution in [2.75, 3.05) is 20.3 Å². The highest BCUT2D eigenvalue weighted by Gasteiger charge is 2.49. The molecule has 1 aliphatic rings. The number of ether oxygens (including phenoxy) is 3. The molecule has 1 unspecified atom stereocenters. The number of rotatable bonds is 10. The molecule has 196 valence electrons. The molecule has 1 aliphatic heterocycles.